The molecule has 8 heteroatoms. The van der Waals surface area contributed by atoms with Gasteiger partial charge in [0.05, 0.1) is 13.1 Å². The average molecular weight is 514 g/mol. The van der Waals surface area contributed by atoms with Gasteiger partial charge in [0.1, 0.15) is 12.7 Å². The number of nitrogens with zero attached hydrogens (tertiary/aromatic N) is 5. The van der Waals surface area contributed by atoms with E-state index in [2.05, 4.69) is 77.1 Å². The van der Waals surface area contributed by atoms with Gasteiger partial charge in [-0.05, 0) is 24.0 Å². The second-order valence-corrected chi connectivity index (χ2v) is 8.53. The Morgan fingerprint density at radius 1 is 1.36 bits per heavy atom. The normalized spacial score (nSPS) is 17.5. The van der Waals surface area contributed by atoms with Gasteiger partial charge in [-0.2, -0.15) is 16.9 Å². The first kappa shape index (κ1) is 23.0. The molecule has 3 rings (SSSR count). The first-order valence-electron chi connectivity index (χ1n) is 9.70. The van der Waals surface area contributed by atoms with Crippen molar-refractivity contribution in [2.24, 2.45) is 10.9 Å². The van der Waals surface area contributed by atoms with E-state index in [4.69, 9.17) is 4.99 Å². The Kier molecular flexibility index (Phi) is 9.57. The van der Waals surface area contributed by atoms with Gasteiger partial charge in [-0.1, -0.05) is 38.1 Å². The third-order valence-corrected chi connectivity index (χ3v) is 6.23. The summed E-state index contributed by atoms with van der Waals surface area (Å²) in [5.41, 5.74) is 2.43. The van der Waals surface area contributed by atoms with E-state index in [1.807, 2.05) is 4.68 Å². The third kappa shape index (κ3) is 6.65. The van der Waals surface area contributed by atoms with Crippen LogP contribution in [-0.4, -0.2) is 56.3 Å². The number of benzene rings is 1. The zero-order chi connectivity index (χ0) is 19.1. The molecule has 0 bridgehead atoms. The van der Waals surface area contributed by atoms with Gasteiger partial charge in [0.25, 0.3) is 0 Å². The molecule has 0 saturated carbocycles. The van der Waals surface area contributed by atoms with Crippen LogP contribution < -0.4 is 5.32 Å². The largest absolute Gasteiger partial charge is 0.357 e. The molecule has 0 spiro atoms. The van der Waals surface area contributed by atoms with Crippen LogP contribution in [0.3, 0.4) is 0 Å². The smallest absolute Gasteiger partial charge is 0.194 e. The lowest BCUT2D eigenvalue weighted by atomic mass is 10.1. The van der Waals surface area contributed by atoms with Crippen LogP contribution in [0.4, 0.5) is 0 Å². The summed E-state index contributed by atoms with van der Waals surface area (Å²) in [6.07, 6.45) is 3.31. The molecule has 1 aromatic carbocycles. The van der Waals surface area contributed by atoms with Gasteiger partial charge < -0.3 is 10.2 Å². The van der Waals surface area contributed by atoms with Crippen LogP contribution in [0.1, 0.15) is 31.9 Å². The monoisotopic (exact) mass is 514 g/mol. The van der Waals surface area contributed by atoms with Crippen LogP contribution in [0.25, 0.3) is 0 Å². The van der Waals surface area contributed by atoms with E-state index in [9.17, 15) is 0 Å². The van der Waals surface area contributed by atoms with Crippen molar-refractivity contribution in [3.05, 3.63) is 48.0 Å². The lowest BCUT2D eigenvalue weighted by Gasteiger charge is -2.36. The Bertz CT molecular complexity index is 734. The second kappa shape index (κ2) is 11.6. The molecule has 6 nitrogen and oxygen atoms in total. The van der Waals surface area contributed by atoms with Crippen LogP contribution >= 0.6 is 35.7 Å². The third-order valence-electron chi connectivity index (χ3n) is 4.69. The molecule has 28 heavy (non-hydrogen) atoms. The van der Waals surface area contributed by atoms with E-state index in [0.29, 0.717) is 17.7 Å². The number of nitrogens with one attached hydrogen (secondary N) is 1. The van der Waals surface area contributed by atoms with Gasteiger partial charge in [0.15, 0.2) is 5.96 Å². The minimum atomic E-state index is 0. The zero-order valence-corrected chi connectivity index (χ0v) is 20.1. The average Bonchev–Trinajstić information content (AvgIpc) is 3.18. The van der Waals surface area contributed by atoms with Crippen LogP contribution in [0.5, 0.6) is 0 Å². The molecule has 2 heterocycles. The lowest BCUT2D eigenvalue weighted by Crippen LogP contribution is -2.49. The van der Waals surface area contributed by atoms with Crippen molar-refractivity contribution in [1.82, 2.24) is 25.0 Å². The van der Waals surface area contributed by atoms with Gasteiger partial charge in [0, 0.05) is 30.6 Å². The SMILES string of the molecule is CCNC(=NCc1cccc(Cn2cncn2)c1)N1CCSC(C(C)C)C1.I. The Hall–Kier alpha value is -1.29. The standard InChI is InChI=1S/C20H30N6S.HI/c1-4-22-20(25-8-9-27-19(13-25)16(2)3)23-11-17-6-5-7-18(10-17)12-26-15-21-14-24-26;/h5-7,10,14-16,19H,4,8-9,11-13H2,1-3H3,(H,22,23);1H. The summed E-state index contributed by atoms with van der Waals surface area (Å²) in [7, 11) is 0. The minimum Gasteiger partial charge on any atom is -0.357 e. The molecule has 2 aromatic rings. The molecular weight excluding hydrogens is 483 g/mol. The summed E-state index contributed by atoms with van der Waals surface area (Å²) >= 11 is 2.09. The number of halogens is 1. The first-order valence-corrected chi connectivity index (χ1v) is 10.8. The second-order valence-electron chi connectivity index (χ2n) is 7.18. The number of hydrogen-bond donors (Lipinski definition) is 1. The summed E-state index contributed by atoms with van der Waals surface area (Å²) in [5, 5.41) is 8.33. The molecular formula is C20H31IN6S. The minimum absolute atomic E-state index is 0. The van der Waals surface area contributed by atoms with Crippen molar-refractivity contribution in [2.75, 3.05) is 25.4 Å². The van der Waals surface area contributed by atoms with Crippen molar-refractivity contribution in [1.29, 1.82) is 0 Å². The Morgan fingerprint density at radius 2 is 2.18 bits per heavy atom. The van der Waals surface area contributed by atoms with Crippen molar-refractivity contribution in [3.63, 3.8) is 0 Å². The molecule has 1 aliphatic heterocycles. The van der Waals surface area contributed by atoms with E-state index < -0.39 is 0 Å². The van der Waals surface area contributed by atoms with Gasteiger partial charge in [0.2, 0.25) is 0 Å². The lowest BCUT2D eigenvalue weighted by molar-refractivity contribution is 0.381. The zero-order valence-electron chi connectivity index (χ0n) is 16.9. The quantitative estimate of drug-likeness (QED) is 0.364. The molecule has 1 aromatic heterocycles. The molecule has 0 amide bonds. The van der Waals surface area contributed by atoms with Crippen molar-refractivity contribution in [3.8, 4) is 0 Å². The fourth-order valence-electron chi connectivity index (χ4n) is 3.19. The van der Waals surface area contributed by atoms with Crippen LogP contribution in [0.2, 0.25) is 0 Å². The molecule has 1 unspecified atom stereocenters. The number of guanidine groups is 1. The fraction of sp³-hybridized carbons (Fsp3) is 0.550. The summed E-state index contributed by atoms with van der Waals surface area (Å²) < 4.78 is 1.84. The van der Waals surface area contributed by atoms with Gasteiger partial charge in [-0.15, -0.1) is 24.0 Å². The van der Waals surface area contributed by atoms with Crippen molar-refractivity contribution >= 4 is 41.7 Å². The van der Waals surface area contributed by atoms with E-state index in [1.165, 1.54) is 16.9 Å². The van der Waals surface area contributed by atoms with E-state index in [1.54, 1.807) is 12.7 Å². The number of rotatable bonds is 6. The highest BCUT2D eigenvalue weighted by atomic mass is 127. The van der Waals surface area contributed by atoms with Gasteiger partial charge in [-0.25, -0.2) is 14.7 Å². The Labute approximate surface area is 189 Å². The number of thioether (sulfide) groups is 1. The highest BCUT2D eigenvalue weighted by Crippen LogP contribution is 2.25. The maximum absolute atomic E-state index is 4.93. The van der Waals surface area contributed by atoms with E-state index >= 15 is 0 Å². The molecule has 1 aliphatic rings. The van der Waals surface area contributed by atoms with Crippen LogP contribution in [-0.2, 0) is 13.1 Å². The molecule has 1 N–H and O–H groups in total. The van der Waals surface area contributed by atoms with Crippen LogP contribution in [0, 0.1) is 5.92 Å². The topological polar surface area (TPSA) is 58.3 Å². The highest BCUT2D eigenvalue weighted by Gasteiger charge is 2.24. The van der Waals surface area contributed by atoms with Crippen LogP contribution in [0.15, 0.2) is 41.9 Å². The number of aliphatic imine (C=N–C) groups is 1. The summed E-state index contributed by atoms with van der Waals surface area (Å²) in [6, 6.07) is 8.56. The maximum atomic E-state index is 4.93. The summed E-state index contributed by atoms with van der Waals surface area (Å²) in [6.45, 7) is 11.2. The van der Waals surface area contributed by atoms with Gasteiger partial charge in [-0.3, -0.25) is 0 Å². The molecule has 1 fully saturated rings. The first-order chi connectivity index (χ1) is 13.2. The van der Waals surface area contributed by atoms with E-state index in [0.717, 1.165) is 32.1 Å². The highest BCUT2D eigenvalue weighted by molar-refractivity contribution is 14.0. The van der Waals surface area contributed by atoms with E-state index in [-0.39, 0.29) is 24.0 Å². The molecule has 0 aliphatic carbocycles. The van der Waals surface area contributed by atoms with Gasteiger partial charge >= 0.3 is 0 Å². The predicted molar refractivity (Wildman–Crippen MR) is 128 cm³/mol. The molecule has 1 saturated heterocycles. The predicted octanol–water partition coefficient (Wildman–Crippen LogP) is 3.48. The molecule has 154 valence electrons. The Morgan fingerprint density at radius 3 is 2.89 bits per heavy atom. The molecule has 1 atom stereocenters. The number of hydrogen-bond acceptors (Lipinski definition) is 4. The Balaban J connectivity index is 0.00000280. The summed E-state index contributed by atoms with van der Waals surface area (Å²) in [5.74, 6) is 2.89. The molecule has 0 radical (unpaired) electrons. The summed E-state index contributed by atoms with van der Waals surface area (Å²) in [4.78, 5) is 11.4. The van der Waals surface area contributed by atoms with Crippen molar-refractivity contribution < 1.29 is 0 Å². The maximum Gasteiger partial charge on any atom is 0.194 e. The number of aromatic nitrogens is 3. The van der Waals surface area contributed by atoms with Crippen molar-refractivity contribution in [2.45, 2.75) is 39.1 Å². The fourth-order valence-corrected chi connectivity index (χ4v) is 4.49.